The molecule has 0 spiro atoms. The standard InChI is InChI=1S/C9H11F2NO2.ClH/c1-14-7-3-2-5(4-6(7)13)8(12)9(10)11;/h2-4,8-9,13H,12H2,1H3;1H/t8-;/m0./s1. The summed E-state index contributed by atoms with van der Waals surface area (Å²) in [5, 5.41) is 9.30. The largest absolute Gasteiger partial charge is 0.504 e. The SMILES string of the molecule is COc1ccc([C@H](N)C(F)F)cc1O.Cl. The summed E-state index contributed by atoms with van der Waals surface area (Å²) >= 11 is 0. The Bertz CT molecular complexity index is 323. The molecule has 1 atom stereocenters. The van der Waals surface area contributed by atoms with Gasteiger partial charge in [0.25, 0.3) is 6.43 Å². The van der Waals surface area contributed by atoms with Crippen LogP contribution in [0.5, 0.6) is 11.5 Å². The molecule has 15 heavy (non-hydrogen) atoms. The smallest absolute Gasteiger partial charge is 0.257 e. The molecule has 0 radical (unpaired) electrons. The summed E-state index contributed by atoms with van der Waals surface area (Å²) in [4.78, 5) is 0. The Kier molecular flexibility index (Phi) is 5.32. The van der Waals surface area contributed by atoms with Gasteiger partial charge in [-0.05, 0) is 17.7 Å². The number of hydrogen-bond acceptors (Lipinski definition) is 3. The second kappa shape index (κ2) is 5.72. The maximum atomic E-state index is 12.2. The van der Waals surface area contributed by atoms with Crippen LogP contribution >= 0.6 is 12.4 Å². The van der Waals surface area contributed by atoms with Crippen LogP contribution in [0.2, 0.25) is 0 Å². The van der Waals surface area contributed by atoms with E-state index in [0.717, 1.165) is 0 Å². The number of benzene rings is 1. The van der Waals surface area contributed by atoms with E-state index in [1.54, 1.807) is 0 Å². The van der Waals surface area contributed by atoms with Gasteiger partial charge in [0.15, 0.2) is 11.5 Å². The third-order valence-corrected chi connectivity index (χ3v) is 1.86. The topological polar surface area (TPSA) is 55.5 Å². The molecular weight excluding hydrogens is 228 g/mol. The lowest BCUT2D eigenvalue weighted by Crippen LogP contribution is -2.18. The molecule has 1 rings (SSSR count). The van der Waals surface area contributed by atoms with Crippen molar-refractivity contribution in [3.8, 4) is 11.5 Å². The number of halogens is 3. The quantitative estimate of drug-likeness (QED) is 0.849. The summed E-state index contributed by atoms with van der Waals surface area (Å²) in [6.45, 7) is 0. The molecule has 0 heterocycles. The van der Waals surface area contributed by atoms with Crippen LogP contribution in [0.4, 0.5) is 8.78 Å². The van der Waals surface area contributed by atoms with Gasteiger partial charge < -0.3 is 15.6 Å². The highest BCUT2D eigenvalue weighted by Gasteiger charge is 2.18. The molecule has 0 aliphatic carbocycles. The van der Waals surface area contributed by atoms with Crippen LogP contribution < -0.4 is 10.5 Å². The first-order valence-corrected chi connectivity index (χ1v) is 3.97. The third kappa shape index (κ3) is 3.21. The Labute approximate surface area is 92.3 Å². The number of ether oxygens (including phenoxy) is 1. The van der Waals surface area contributed by atoms with Gasteiger partial charge in [0.2, 0.25) is 0 Å². The van der Waals surface area contributed by atoms with E-state index < -0.39 is 12.5 Å². The highest BCUT2D eigenvalue weighted by Crippen LogP contribution is 2.29. The van der Waals surface area contributed by atoms with Crippen LogP contribution in [0.25, 0.3) is 0 Å². The van der Waals surface area contributed by atoms with E-state index in [1.807, 2.05) is 0 Å². The highest BCUT2D eigenvalue weighted by molar-refractivity contribution is 5.85. The fraction of sp³-hybridized carbons (Fsp3) is 0.333. The first-order valence-electron chi connectivity index (χ1n) is 3.97. The van der Waals surface area contributed by atoms with Crippen molar-refractivity contribution in [2.24, 2.45) is 5.73 Å². The van der Waals surface area contributed by atoms with Gasteiger partial charge in [-0.15, -0.1) is 12.4 Å². The molecule has 3 nitrogen and oxygen atoms in total. The number of rotatable bonds is 3. The van der Waals surface area contributed by atoms with Crippen LogP contribution in [0.15, 0.2) is 18.2 Å². The number of alkyl halides is 2. The molecule has 6 heteroatoms. The Hall–Kier alpha value is -1.07. The molecule has 0 saturated heterocycles. The first-order chi connectivity index (χ1) is 6.56. The summed E-state index contributed by atoms with van der Waals surface area (Å²) in [6, 6.07) is 2.59. The predicted molar refractivity (Wildman–Crippen MR) is 54.8 cm³/mol. The number of phenols is 1. The van der Waals surface area contributed by atoms with Crippen molar-refractivity contribution in [1.82, 2.24) is 0 Å². The van der Waals surface area contributed by atoms with E-state index in [9.17, 15) is 13.9 Å². The van der Waals surface area contributed by atoms with Crippen LogP contribution in [0, 0.1) is 0 Å². The molecule has 0 aromatic heterocycles. The average Bonchev–Trinajstić information content (AvgIpc) is 2.16. The molecule has 1 aromatic rings. The minimum Gasteiger partial charge on any atom is -0.504 e. The van der Waals surface area contributed by atoms with E-state index >= 15 is 0 Å². The molecule has 0 fully saturated rings. The minimum absolute atomic E-state index is 0. The molecule has 0 amide bonds. The Morgan fingerprint density at radius 2 is 2.00 bits per heavy atom. The zero-order chi connectivity index (χ0) is 10.7. The van der Waals surface area contributed by atoms with Crippen molar-refractivity contribution in [3.05, 3.63) is 23.8 Å². The zero-order valence-electron chi connectivity index (χ0n) is 7.98. The van der Waals surface area contributed by atoms with Crippen molar-refractivity contribution in [2.75, 3.05) is 7.11 Å². The van der Waals surface area contributed by atoms with Gasteiger partial charge >= 0.3 is 0 Å². The number of nitrogens with two attached hydrogens (primary N) is 1. The number of hydrogen-bond donors (Lipinski definition) is 2. The van der Waals surface area contributed by atoms with Crippen LogP contribution in [-0.2, 0) is 0 Å². The summed E-state index contributed by atoms with van der Waals surface area (Å²) in [6.07, 6.45) is -2.65. The number of aromatic hydroxyl groups is 1. The highest BCUT2D eigenvalue weighted by atomic mass is 35.5. The van der Waals surface area contributed by atoms with E-state index in [-0.39, 0.29) is 29.5 Å². The second-order valence-electron chi connectivity index (χ2n) is 2.79. The van der Waals surface area contributed by atoms with Crippen molar-refractivity contribution in [1.29, 1.82) is 0 Å². The fourth-order valence-electron chi connectivity index (χ4n) is 1.06. The second-order valence-corrected chi connectivity index (χ2v) is 2.79. The lowest BCUT2D eigenvalue weighted by molar-refractivity contribution is 0.116. The average molecular weight is 240 g/mol. The van der Waals surface area contributed by atoms with Crippen molar-refractivity contribution < 1.29 is 18.6 Å². The normalized spacial score (nSPS) is 12.1. The molecule has 1 aromatic carbocycles. The van der Waals surface area contributed by atoms with Gasteiger partial charge in [0.1, 0.15) is 0 Å². The lowest BCUT2D eigenvalue weighted by Gasteiger charge is -2.12. The van der Waals surface area contributed by atoms with E-state index in [1.165, 1.54) is 25.3 Å². The molecule has 0 unspecified atom stereocenters. The Balaban J connectivity index is 0.00000196. The van der Waals surface area contributed by atoms with E-state index in [4.69, 9.17) is 10.5 Å². The third-order valence-electron chi connectivity index (χ3n) is 1.86. The van der Waals surface area contributed by atoms with Crippen LogP contribution in [0.1, 0.15) is 11.6 Å². The van der Waals surface area contributed by atoms with Crippen LogP contribution in [-0.4, -0.2) is 18.6 Å². The molecule has 3 N–H and O–H groups in total. The zero-order valence-corrected chi connectivity index (χ0v) is 8.80. The van der Waals surface area contributed by atoms with Gasteiger partial charge in [-0.25, -0.2) is 8.78 Å². The fourth-order valence-corrected chi connectivity index (χ4v) is 1.06. The van der Waals surface area contributed by atoms with Gasteiger partial charge in [0.05, 0.1) is 13.2 Å². The summed E-state index contributed by atoms with van der Waals surface area (Å²) < 4.78 is 29.1. The van der Waals surface area contributed by atoms with Gasteiger partial charge in [-0.3, -0.25) is 0 Å². The number of phenolic OH excluding ortho intramolecular Hbond substituents is 1. The molecule has 0 saturated carbocycles. The van der Waals surface area contributed by atoms with E-state index in [0.29, 0.717) is 0 Å². The summed E-state index contributed by atoms with van der Waals surface area (Å²) in [5.41, 5.74) is 5.38. The lowest BCUT2D eigenvalue weighted by atomic mass is 10.1. The maximum Gasteiger partial charge on any atom is 0.257 e. The van der Waals surface area contributed by atoms with E-state index in [2.05, 4.69) is 0 Å². The maximum absolute atomic E-state index is 12.2. The molecule has 0 bridgehead atoms. The van der Waals surface area contributed by atoms with Crippen molar-refractivity contribution in [3.63, 3.8) is 0 Å². The summed E-state index contributed by atoms with van der Waals surface area (Å²) in [5.74, 6) is 0.0383. The van der Waals surface area contributed by atoms with Gasteiger partial charge in [-0.2, -0.15) is 0 Å². The Morgan fingerprint density at radius 1 is 1.40 bits per heavy atom. The first kappa shape index (κ1) is 13.9. The Morgan fingerprint density at radius 3 is 2.40 bits per heavy atom. The predicted octanol–water partition coefficient (Wildman–Crippen LogP) is 2.09. The van der Waals surface area contributed by atoms with Crippen molar-refractivity contribution >= 4 is 12.4 Å². The molecule has 86 valence electrons. The van der Waals surface area contributed by atoms with Gasteiger partial charge in [0, 0.05) is 0 Å². The minimum atomic E-state index is -2.65. The monoisotopic (exact) mass is 239 g/mol. The van der Waals surface area contributed by atoms with Gasteiger partial charge in [-0.1, -0.05) is 6.07 Å². The molecular formula is C9H12ClF2NO2. The molecule has 0 aliphatic heterocycles. The summed E-state index contributed by atoms with van der Waals surface area (Å²) in [7, 11) is 1.38. The molecule has 0 aliphatic rings. The van der Waals surface area contributed by atoms with Crippen molar-refractivity contribution in [2.45, 2.75) is 12.5 Å². The van der Waals surface area contributed by atoms with Crippen LogP contribution in [0.3, 0.4) is 0 Å². The number of methoxy groups -OCH3 is 1.